The highest BCUT2D eigenvalue weighted by atomic mass is 16.9. The van der Waals surface area contributed by atoms with Crippen LogP contribution in [-0.4, -0.2) is 19.2 Å². The fraction of sp³-hybridized carbons (Fsp3) is 0.714. The Kier molecular flexibility index (Phi) is 13.3. The summed E-state index contributed by atoms with van der Waals surface area (Å²) >= 11 is 0. The van der Waals surface area contributed by atoms with E-state index in [0.717, 1.165) is 12.2 Å². The molecule has 4 nitrogen and oxygen atoms in total. The van der Waals surface area contributed by atoms with Gasteiger partial charge in [0.2, 0.25) is 5.75 Å². The average molecular weight is 447 g/mol. The zero-order valence-electron chi connectivity index (χ0n) is 20.8. The van der Waals surface area contributed by atoms with Gasteiger partial charge >= 0.3 is 5.97 Å². The zero-order valence-corrected chi connectivity index (χ0v) is 20.8. The van der Waals surface area contributed by atoms with Crippen LogP contribution in [0.1, 0.15) is 111 Å². The maximum absolute atomic E-state index is 5.97. The smallest absolute Gasteiger partial charge is 0.369 e. The summed E-state index contributed by atoms with van der Waals surface area (Å²) in [4.78, 5) is 0. The van der Waals surface area contributed by atoms with Crippen molar-refractivity contribution in [3.8, 4) is 17.2 Å². The van der Waals surface area contributed by atoms with Crippen LogP contribution in [0.4, 0.5) is 0 Å². The molecule has 0 N–H and O–H groups in total. The van der Waals surface area contributed by atoms with Gasteiger partial charge < -0.3 is 18.9 Å². The lowest BCUT2D eigenvalue weighted by molar-refractivity contribution is -0.266. The fourth-order valence-electron chi connectivity index (χ4n) is 4.05. The van der Waals surface area contributed by atoms with E-state index in [1.54, 1.807) is 6.92 Å². The summed E-state index contributed by atoms with van der Waals surface area (Å²) in [6, 6.07) is 5.74. The van der Waals surface area contributed by atoms with Crippen LogP contribution in [0.3, 0.4) is 0 Å². The molecule has 2 rings (SSSR count). The maximum Gasteiger partial charge on any atom is 0.369 e. The lowest BCUT2D eigenvalue weighted by Gasteiger charge is -2.21. The molecule has 1 heterocycles. The summed E-state index contributed by atoms with van der Waals surface area (Å²) < 4.78 is 23.2. The van der Waals surface area contributed by atoms with E-state index >= 15 is 0 Å². The summed E-state index contributed by atoms with van der Waals surface area (Å²) in [5.74, 6) is 1.01. The van der Waals surface area contributed by atoms with Crippen LogP contribution >= 0.6 is 0 Å². The fourth-order valence-corrected chi connectivity index (χ4v) is 4.05. The maximum atomic E-state index is 5.97. The van der Waals surface area contributed by atoms with Gasteiger partial charge in [0.25, 0.3) is 0 Å². The molecule has 0 aliphatic carbocycles. The molecular weight excluding hydrogens is 400 g/mol. The Morgan fingerprint density at radius 2 is 1.41 bits per heavy atom. The Hall–Kier alpha value is -1.68. The van der Waals surface area contributed by atoms with E-state index in [0.29, 0.717) is 24.7 Å². The van der Waals surface area contributed by atoms with Crippen LogP contribution in [0, 0.1) is 0 Å². The Morgan fingerprint density at radius 1 is 0.781 bits per heavy atom. The number of para-hydroxylation sites is 1. The van der Waals surface area contributed by atoms with Crippen molar-refractivity contribution in [2.24, 2.45) is 0 Å². The third-order valence-electron chi connectivity index (χ3n) is 5.85. The van der Waals surface area contributed by atoms with E-state index in [-0.39, 0.29) is 0 Å². The molecule has 4 heteroatoms. The number of unbranched alkanes of at least 4 members (excludes halogenated alkanes) is 12. The van der Waals surface area contributed by atoms with Gasteiger partial charge in [0.15, 0.2) is 11.5 Å². The van der Waals surface area contributed by atoms with E-state index in [1.165, 1.54) is 83.5 Å². The second-order valence-electron chi connectivity index (χ2n) is 8.87. The minimum atomic E-state index is -1.06. The number of rotatable bonds is 19. The second kappa shape index (κ2) is 16.0. The van der Waals surface area contributed by atoms with Gasteiger partial charge in [-0.05, 0) is 51.2 Å². The van der Waals surface area contributed by atoms with E-state index in [4.69, 9.17) is 18.9 Å². The van der Waals surface area contributed by atoms with Gasteiger partial charge in [-0.25, -0.2) is 0 Å². The summed E-state index contributed by atoms with van der Waals surface area (Å²) in [6.45, 7) is 7.21. The third kappa shape index (κ3) is 10.3. The number of benzene rings is 1. The average Bonchev–Trinajstić information content (AvgIpc) is 3.12. The van der Waals surface area contributed by atoms with Gasteiger partial charge in [0.1, 0.15) is 0 Å². The summed E-state index contributed by atoms with van der Waals surface area (Å²) in [7, 11) is 0. The van der Waals surface area contributed by atoms with Gasteiger partial charge in [-0.1, -0.05) is 82.9 Å². The summed E-state index contributed by atoms with van der Waals surface area (Å²) in [5.41, 5.74) is 0. The topological polar surface area (TPSA) is 36.9 Å². The molecule has 0 bridgehead atoms. The molecule has 0 amide bonds. The van der Waals surface area contributed by atoms with Crippen molar-refractivity contribution in [3.63, 3.8) is 0 Å². The normalized spacial score (nSPS) is 17.3. The minimum Gasteiger partial charge on any atom is -0.490 e. The molecule has 0 aromatic heterocycles. The number of fused-ring (bicyclic) bond motifs is 1. The molecule has 0 fully saturated rings. The lowest BCUT2D eigenvalue weighted by Crippen LogP contribution is -2.37. The lowest BCUT2D eigenvalue weighted by atomic mass is 10.1. The van der Waals surface area contributed by atoms with Crippen LogP contribution in [0.2, 0.25) is 0 Å². The second-order valence-corrected chi connectivity index (χ2v) is 8.87. The molecule has 0 saturated carbocycles. The van der Waals surface area contributed by atoms with Crippen molar-refractivity contribution in [2.45, 2.75) is 117 Å². The molecule has 1 unspecified atom stereocenters. The Morgan fingerprint density at radius 3 is 2.06 bits per heavy atom. The number of hydrogen-bond acceptors (Lipinski definition) is 4. The number of ether oxygens (including phenoxy) is 4. The van der Waals surface area contributed by atoms with Gasteiger partial charge in [-0.3, -0.25) is 0 Å². The standard InChI is InChI=1S/C28H46O4/c1-4-6-7-8-9-10-11-12-13-14-15-16-17-18-19-20-24-29-25-22-21-23-26-27(25)32-28(3,31-26)30-5-2/h12-13,21-23H,4-11,14-20,24H2,1-3H3. The van der Waals surface area contributed by atoms with Crippen LogP contribution in [0.15, 0.2) is 30.4 Å². The highest BCUT2D eigenvalue weighted by Crippen LogP contribution is 2.46. The van der Waals surface area contributed by atoms with Crippen molar-refractivity contribution in [3.05, 3.63) is 30.4 Å². The van der Waals surface area contributed by atoms with Gasteiger partial charge in [0, 0.05) is 6.92 Å². The van der Waals surface area contributed by atoms with Crippen LogP contribution < -0.4 is 14.2 Å². The van der Waals surface area contributed by atoms with E-state index in [1.807, 2.05) is 25.1 Å². The first-order valence-corrected chi connectivity index (χ1v) is 13.1. The predicted molar refractivity (Wildman–Crippen MR) is 133 cm³/mol. The SMILES string of the molecule is CCCCCCCCC=CCCCCCCCCOc1cccc2c1OC(C)(OCC)O2. The van der Waals surface area contributed by atoms with Crippen molar-refractivity contribution < 1.29 is 18.9 Å². The molecule has 1 aliphatic heterocycles. The van der Waals surface area contributed by atoms with Crippen molar-refractivity contribution in [2.75, 3.05) is 13.2 Å². The first-order valence-electron chi connectivity index (χ1n) is 13.1. The van der Waals surface area contributed by atoms with Crippen LogP contribution in [0.5, 0.6) is 17.2 Å². The van der Waals surface area contributed by atoms with Crippen LogP contribution in [0.25, 0.3) is 0 Å². The monoisotopic (exact) mass is 446 g/mol. The minimum absolute atomic E-state index is 0.524. The first-order chi connectivity index (χ1) is 15.7. The molecule has 182 valence electrons. The Labute approximate surface area is 196 Å². The molecule has 1 aliphatic rings. The molecular formula is C28H46O4. The third-order valence-corrected chi connectivity index (χ3v) is 5.85. The van der Waals surface area contributed by atoms with E-state index in [9.17, 15) is 0 Å². The Bertz CT molecular complexity index is 642. The highest BCUT2D eigenvalue weighted by molar-refractivity contribution is 5.53. The van der Waals surface area contributed by atoms with E-state index in [2.05, 4.69) is 19.1 Å². The predicted octanol–water partition coefficient (Wildman–Crippen LogP) is 8.58. The molecule has 0 radical (unpaired) electrons. The quantitative estimate of drug-likeness (QED) is 0.157. The summed E-state index contributed by atoms with van der Waals surface area (Å²) in [5, 5.41) is 0. The molecule has 32 heavy (non-hydrogen) atoms. The Balaban J connectivity index is 1.44. The van der Waals surface area contributed by atoms with Gasteiger partial charge in [-0.15, -0.1) is 0 Å². The van der Waals surface area contributed by atoms with E-state index < -0.39 is 5.97 Å². The number of allylic oxidation sites excluding steroid dienone is 2. The molecule has 0 spiro atoms. The molecule has 1 aromatic rings. The van der Waals surface area contributed by atoms with Crippen molar-refractivity contribution >= 4 is 0 Å². The molecule has 1 atom stereocenters. The van der Waals surface area contributed by atoms with Crippen LogP contribution in [-0.2, 0) is 4.74 Å². The van der Waals surface area contributed by atoms with Gasteiger partial charge in [-0.2, -0.15) is 0 Å². The first kappa shape index (κ1) is 26.6. The van der Waals surface area contributed by atoms with Gasteiger partial charge in [0.05, 0.1) is 13.2 Å². The number of hydrogen-bond donors (Lipinski definition) is 0. The summed E-state index contributed by atoms with van der Waals surface area (Å²) in [6.07, 6.45) is 23.1. The highest BCUT2D eigenvalue weighted by Gasteiger charge is 2.39. The largest absolute Gasteiger partial charge is 0.490 e. The van der Waals surface area contributed by atoms with Crippen molar-refractivity contribution in [1.82, 2.24) is 0 Å². The molecule has 0 saturated heterocycles. The van der Waals surface area contributed by atoms with Crippen molar-refractivity contribution in [1.29, 1.82) is 0 Å². The zero-order chi connectivity index (χ0) is 22.9. The molecule has 1 aromatic carbocycles.